The van der Waals surface area contributed by atoms with Crippen molar-refractivity contribution in [2.45, 2.75) is 31.3 Å². The van der Waals surface area contributed by atoms with Gasteiger partial charge in [-0.15, -0.1) is 0 Å². The van der Waals surface area contributed by atoms with Crippen LogP contribution in [0.25, 0.3) is 0 Å². The third-order valence-corrected chi connectivity index (χ3v) is 3.79. The minimum atomic E-state index is -0.425. The molecule has 1 aliphatic heterocycles. The third-order valence-electron chi connectivity index (χ3n) is 3.79. The fourth-order valence-corrected chi connectivity index (χ4v) is 2.39. The van der Waals surface area contributed by atoms with Crippen molar-refractivity contribution in [3.63, 3.8) is 0 Å². The number of aromatic hydroxyl groups is 1. The van der Waals surface area contributed by atoms with Crippen LogP contribution >= 0.6 is 0 Å². The predicted molar refractivity (Wildman–Crippen MR) is 67.9 cm³/mol. The van der Waals surface area contributed by atoms with E-state index < -0.39 is 6.10 Å². The van der Waals surface area contributed by atoms with Crippen molar-refractivity contribution in [2.24, 2.45) is 0 Å². The van der Waals surface area contributed by atoms with E-state index in [0.29, 0.717) is 29.9 Å². The van der Waals surface area contributed by atoms with Crippen molar-refractivity contribution in [1.82, 2.24) is 10.1 Å². The Balaban J connectivity index is 1.56. The minimum Gasteiger partial charge on any atom is -0.508 e. The monoisotopic (exact) mass is 274 g/mol. The number of hydrogen-bond donors (Lipinski definition) is 1. The highest BCUT2D eigenvalue weighted by atomic mass is 16.6. The van der Waals surface area contributed by atoms with Gasteiger partial charge >= 0.3 is 0 Å². The molecule has 1 aromatic heterocycles. The fraction of sp³-hybridized carbons (Fsp3) is 0.429. The molecular weight excluding hydrogens is 260 g/mol. The molecule has 6 heteroatoms. The number of phenols is 1. The lowest BCUT2D eigenvalue weighted by Gasteiger charge is -2.24. The quantitative estimate of drug-likeness (QED) is 0.906. The predicted octanol–water partition coefficient (Wildman–Crippen LogP) is 2.56. The Labute approximate surface area is 115 Å². The Kier molecular flexibility index (Phi) is 2.55. The van der Waals surface area contributed by atoms with Gasteiger partial charge in [-0.05, 0) is 25.0 Å². The molecule has 1 aromatic carbocycles. The minimum absolute atomic E-state index is 0.133. The maximum atomic E-state index is 9.47. The van der Waals surface area contributed by atoms with E-state index in [2.05, 4.69) is 10.1 Å². The normalized spacial score (nSPS) is 21.5. The van der Waals surface area contributed by atoms with Gasteiger partial charge in [0, 0.05) is 12.0 Å². The summed E-state index contributed by atoms with van der Waals surface area (Å²) in [6.07, 6.45) is 3.05. The summed E-state index contributed by atoms with van der Waals surface area (Å²) in [4.78, 5) is 4.41. The zero-order chi connectivity index (χ0) is 13.5. The molecule has 0 radical (unpaired) electrons. The molecule has 2 heterocycles. The standard InChI is InChI=1S/C14H14N2O4/c17-9-4-5-10-11(6-9)19-12(7-18-10)14-15-13(16-20-14)8-2-1-3-8/h4-6,8,12,17H,1-3,7H2. The van der Waals surface area contributed by atoms with Crippen molar-refractivity contribution in [3.8, 4) is 17.2 Å². The van der Waals surface area contributed by atoms with Crippen molar-refractivity contribution in [1.29, 1.82) is 0 Å². The van der Waals surface area contributed by atoms with Crippen LogP contribution in [0.3, 0.4) is 0 Å². The van der Waals surface area contributed by atoms with E-state index in [0.717, 1.165) is 18.7 Å². The van der Waals surface area contributed by atoms with Crippen LogP contribution in [0.15, 0.2) is 22.7 Å². The van der Waals surface area contributed by atoms with Gasteiger partial charge < -0.3 is 19.1 Å². The number of fused-ring (bicyclic) bond motifs is 1. The Hall–Kier alpha value is -2.24. The first-order chi connectivity index (χ1) is 9.79. The summed E-state index contributed by atoms with van der Waals surface area (Å²) < 4.78 is 16.6. The summed E-state index contributed by atoms with van der Waals surface area (Å²) >= 11 is 0. The highest BCUT2D eigenvalue weighted by Gasteiger charge is 2.30. The molecule has 20 heavy (non-hydrogen) atoms. The van der Waals surface area contributed by atoms with Crippen molar-refractivity contribution < 1.29 is 19.1 Å². The number of phenolic OH excluding ortho intramolecular Hbond substituents is 1. The lowest BCUT2D eigenvalue weighted by atomic mass is 9.85. The zero-order valence-electron chi connectivity index (χ0n) is 10.8. The van der Waals surface area contributed by atoms with Crippen LogP contribution in [-0.4, -0.2) is 21.9 Å². The molecule has 1 atom stereocenters. The lowest BCUT2D eigenvalue weighted by molar-refractivity contribution is 0.0662. The van der Waals surface area contributed by atoms with E-state index in [9.17, 15) is 5.11 Å². The maximum absolute atomic E-state index is 9.47. The van der Waals surface area contributed by atoms with Gasteiger partial charge in [0.2, 0.25) is 6.10 Å². The Bertz CT molecular complexity index is 636. The number of nitrogens with zero attached hydrogens (tertiary/aromatic N) is 2. The summed E-state index contributed by atoms with van der Waals surface area (Å²) in [7, 11) is 0. The van der Waals surface area contributed by atoms with Crippen molar-refractivity contribution in [2.75, 3.05) is 6.61 Å². The zero-order valence-corrected chi connectivity index (χ0v) is 10.8. The maximum Gasteiger partial charge on any atom is 0.271 e. The first-order valence-electron chi connectivity index (χ1n) is 6.75. The first-order valence-corrected chi connectivity index (χ1v) is 6.75. The molecule has 0 bridgehead atoms. The van der Waals surface area contributed by atoms with E-state index in [1.807, 2.05) is 0 Å². The molecule has 2 aliphatic rings. The van der Waals surface area contributed by atoms with Crippen LogP contribution < -0.4 is 9.47 Å². The molecule has 1 aliphatic carbocycles. The largest absolute Gasteiger partial charge is 0.508 e. The Morgan fingerprint density at radius 3 is 2.90 bits per heavy atom. The van der Waals surface area contributed by atoms with Gasteiger partial charge in [-0.25, -0.2) is 0 Å². The van der Waals surface area contributed by atoms with Gasteiger partial charge in [0.1, 0.15) is 12.4 Å². The van der Waals surface area contributed by atoms with Crippen LogP contribution in [0.2, 0.25) is 0 Å². The van der Waals surface area contributed by atoms with Crippen LogP contribution in [-0.2, 0) is 0 Å². The second kappa shape index (κ2) is 4.40. The van der Waals surface area contributed by atoms with E-state index in [1.165, 1.54) is 12.5 Å². The lowest BCUT2D eigenvalue weighted by Crippen LogP contribution is -2.22. The van der Waals surface area contributed by atoms with Crippen LogP contribution in [0.4, 0.5) is 0 Å². The van der Waals surface area contributed by atoms with Gasteiger partial charge in [-0.1, -0.05) is 11.6 Å². The van der Waals surface area contributed by atoms with Gasteiger partial charge in [-0.3, -0.25) is 0 Å². The van der Waals surface area contributed by atoms with Crippen LogP contribution in [0.5, 0.6) is 17.2 Å². The summed E-state index contributed by atoms with van der Waals surface area (Å²) in [5, 5.41) is 13.5. The highest BCUT2D eigenvalue weighted by molar-refractivity contribution is 5.46. The number of rotatable bonds is 2. The average molecular weight is 274 g/mol. The average Bonchev–Trinajstić information content (AvgIpc) is 2.85. The molecule has 1 fully saturated rings. The second-order valence-electron chi connectivity index (χ2n) is 5.17. The van der Waals surface area contributed by atoms with E-state index in [1.54, 1.807) is 12.1 Å². The molecule has 0 spiro atoms. The topological polar surface area (TPSA) is 77.6 Å². The number of aromatic nitrogens is 2. The van der Waals surface area contributed by atoms with Gasteiger partial charge in [0.05, 0.1) is 0 Å². The smallest absolute Gasteiger partial charge is 0.271 e. The van der Waals surface area contributed by atoms with E-state index >= 15 is 0 Å². The molecule has 2 aromatic rings. The number of hydrogen-bond acceptors (Lipinski definition) is 6. The molecule has 0 amide bonds. The van der Waals surface area contributed by atoms with Gasteiger partial charge in [0.15, 0.2) is 17.3 Å². The highest BCUT2D eigenvalue weighted by Crippen LogP contribution is 2.39. The molecule has 0 saturated heterocycles. The Morgan fingerprint density at radius 2 is 2.10 bits per heavy atom. The van der Waals surface area contributed by atoms with Gasteiger partial charge in [-0.2, -0.15) is 4.98 Å². The summed E-state index contributed by atoms with van der Waals surface area (Å²) in [6.45, 7) is 0.323. The molecule has 4 rings (SSSR count). The second-order valence-corrected chi connectivity index (χ2v) is 5.17. The van der Waals surface area contributed by atoms with Crippen molar-refractivity contribution in [3.05, 3.63) is 29.9 Å². The molecule has 104 valence electrons. The molecular formula is C14H14N2O4. The number of ether oxygens (including phenoxy) is 2. The SMILES string of the molecule is Oc1ccc2c(c1)OC(c1nc(C3CCC3)no1)CO2. The van der Waals surface area contributed by atoms with E-state index in [4.69, 9.17) is 14.0 Å². The van der Waals surface area contributed by atoms with Crippen LogP contribution in [0, 0.1) is 0 Å². The number of benzene rings is 1. The van der Waals surface area contributed by atoms with E-state index in [-0.39, 0.29) is 5.75 Å². The first kappa shape index (κ1) is 11.6. The molecule has 1 N–H and O–H groups in total. The fourth-order valence-electron chi connectivity index (χ4n) is 2.39. The van der Waals surface area contributed by atoms with Crippen molar-refractivity contribution >= 4 is 0 Å². The summed E-state index contributed by atoms with van der Waals surface area (Å²) in [5.74, 6) is 2.85. The Morgan fingerprint density at radius 1 is 1.20 bits per heavy atom. The molecule has 1 saturated carbocycles. The summed E-state index contributed by atoms with van der Waals surface area (Å²) in [6, 6.07) is 4.75. The van der Waals surface area contributed by atoms with Gasteiger partial charge in [0.25, 0.3) is 5.89 Å². The third kappa shape index (κ3) is 1.88. The molecule has 6 nitrogen and oxygen atoms in total. The molecule has 1 unspecified atom stereocenters. The summed E-state index contributed by atoms with van der Waals surface area (Å²) in [5.41, 5.74) is 0. The van der Waals surface area contributed by atoms with Crippen LogP contribution in [0.1, 0.15) is 43.0 Å².